The van der Waals surface area contributed by atoms with Crippen molar-refractivity contribution in [2.45, 2.75) is 19.8 Å². The summed E-state index contributed by atoms with van der Waals surface area (Å²) in [6, 6.07) is 42.3. The average Bonchev–Trinajstić information content (AvgIpc) is 3.54. The van der Waals surface area contributed by atoms with Gasteiger partial charge in [0, 0.05) is 26.0 Å². The summed E-state index contributed by atoms with van der Waals surface area (Å²) in [6.45, 7) is 2.15. The molecule has 0 radical (unpaired) electrons. The van der Waals surface area contributed by atoms with Gasteiger partial charge in [0.1, 0.15) is 0 Å². The summed E-state index contributed by atoms with van der Waals surface area (Å²) in [7, 11) is 0. The molecule has 5 aromatic carbocycles. The molecule has 2 aromatic heterocycles. The van der Waals surface area contributed by atoms with E-state index in [-0.39, 0.29) is 0 Å². The van der Waals surface area contributed by atoms with Gasteiger partial charge >= 0.3 is 0 Å². The van der Waals surface area contributed by atoms with Gasteiger partial charge in [0.15, 0.2) is 0 Å². The van der Waals surface area contributed by atoms with Gasteiger partial charge in [-0.15, -0.1) is 11.3 Å². The van der Waals surface area contributed by atoms with E-state index in [0.29, 0.717) is 0 Å². The molecule has 0 spiro atoms. The molecule has 186 valence electrons. The lowest BCUT2D eigenvalue weighted by Gasteiger charge is -2.15. The van der Waals surface area contributed by atoms with Crippen molar-refractivity contribution in [2.75, 3.05) is 0 Å². The van der Waals surface area contributed by atoms with Crippen LogP contribution < -0.4 is 0 Å². The van der Waals surface area contributed by atoms with Gasteiger partial charge in [-0.3, -0.25) is 0 Å². The molecular formula is C37H27NS. The summed E-state index contributed by atoms with van der Waals surface area (Å²) in [6.07, 6.45) is 4.64. The Morgan fingerprint density at radius 1 is 0.641 bits per heavy atom. The number of rotatable bonds is 3. The standard InChI is InChI=1S/C37H27NS/c1-24-17-19-25(20-18-24)28-12-7-14-31-32-15-8-13-29(37(32)39-36(28)31)26-21-22-35-33(23-26)30-11-5-6-16-34(30)38(35)27-9-3-2-4-10-27/h2-7,9-14,16-23H,8,15H2,1H3. The summed E-state index contributed by atoms with van der Waals surface area (Å²) in [5.74, 6) is 0. The second kappa shape index (κ2) is 8.83. The van der Waals surface area contributed by atoms with E-state index < -0.39 is 0 Å². The maximum absolute atomic E-state index is 2.46. The highest BCUT2D eigenvalue weighted by Gasteiger charge is 2.22. The Hall–Kier alpha value is -4.40. The molecule has 0 saturated heterocycles. The van der Waals surface area contributed by atoms with Gasteiger partial charge in [-0.05, 0) is 83.3 Å². The smallest absolute Gasteiger partial charge is 0.0541 e. The Morgan fingerprint density at radius 2 is 1.38 bits per heavy atom. The van der Waals surface area contributed by atoms with Gasteiger partial charge in [-0.1, -0.05) is 96.6 Å². The first-order valence-electron chi connectivity index (χ1n) is 13.7. The zero-order valence-electron chi connectivity index (χ0n) is 21.8. The molecule has 0 N–H and O–H groups in total. The molecule has 0 amide bonds. The highest BCUT2D eigenvalue weighted by atomic mass is 32.1. The van der Waals surface area contributed by atoms with E-state index in [2.05, 4.69) is 133 Å². The third kappa shape index (κ3) is 3.52. The Kier molecular flexibility index (Phi) is 5.11. The molecule has 1 nitrogen and oxygen atoms in total. The van der Waals surface area contributed by atoms with Gasteiger partial charge in [0.25, 0.3) is 0 Å². The predicted molar refractivity (Wildman–Crippen MR) is 168 cm³/mol. The Labute approximate surface area is 232 Å². The fourth-order valence-corrected chi connectivity index (χ4v) is 7.74. The van der Waals surface area contributed by atoms with E-state index in [9.17, 15) is 0 Å². The lowest BCUT2D eigenvalue weighted by atomic mass is 9.90. The van der Waals surface area contributed by atoms with Crippen LogP contribution in [0.4, 0.5) is 0 Å². The Balaban J connectivity index is 1.32. The van der Waals surface area contributed by atoms with Crippen LogP contribution in [0, 0.1) is 6.92 Å². The fourth-order valence-electron chi connectivity index (χ4n) is 6.29. The Bertz CT molecular complexity index is 2050. The van der Waals surface area contributed by atoms with Crippen molar-refractivity contribution in [3.8, 4) is 16.8 Å². The highest BCUT2D eigenvalue weighted by Crippen LogP contribution is 2.46. The third-order valence-electron chi connectivity index (χ3n) is 8.17. The maximum atomic E-state index is 2.46. The zero-order chi connectivity index (χ0) is 25.9. The van der Waals surface area contributed by atoms with E-state index in [1.165, 1.54) is 75.8 Å². The number of allylic oxidation sites excluding steroid dienone is 1. The molecule has 39 heavy (non-hydrogen) atoms. The van der Waals surface area contributed by atoms with E-state index in [1.807, 2.05) is 11.3 Å². The molecule has 0 atom stereocenters. The predicted octanol–water partition coefficient (Wildman–Crippen LogP) is 10.4. The minimum absolute atomic E-state index is 1.08. The van der Waals surface area contributed by atoms with Gasteiger partial charge in [0.2, 0.25) is 0 Å². The lowest BCUT2D eigenvalue weighted by molar-refractivity contribution is 0.998. The number of thiophene rings is 1. The fraction of sp³-hybridized carbons (Fsp3) is 0.0811. The number of fused-ring (bicyclic) bond motifs is 6. The quantitative estimate of drug-likeness (QED) is 0.220. The molecule has 8 rings (SSSR count). The van der Waals surface area contributed by atoms with Crippen LogP contribution in [0.25, 0.3) is 54.3 Å². The van der Waals surface area contributed by atoms with Gasteiger partial charge in [0.05, 0.1) is 11.0 Å². The van der Waals surface area contributed by atoms with Gasteiger partial charge in [-0.2, -0.15) is 0 Å². The van der Waals surface area contributed by atoms with Crippen LogP contribution in [0.5, 0.6) is 0 Å². The van der Waals surface area contributed by atoms with Crippen LogP contribution in [0.15, 0.2) is 121 Å². The van der Waals surface area contributed by atoms with E-state index in [4.69, 9.17) is 0 Å². The summed E-state index contributed by atoms with van der Waals surface area (Å²) in [5, 5.41) is 4.02. The molecule has 0 fully saturated rings. The lowest BCUT2D eigenvalue weighted by Crippen LogP contribution is -1.97. The molecule has 7 aromatic rings. The van der Waals surface area contributed by atoms with Crippen molar-refractivity contribution in [3.63, 3.8) is 0 Å². The van der Waals surface area contributed by atoms with Gasteiger partial charge in [-0.25, -0.2) is 0 Å². The third-order valence-corrected chi connectivity index (χ3v) is 9.48. The van der Waals surface area contributed by atoms with Crippen molar-refractivity contribution in [1.82, 2.24) is 4.57 Å². The Morgan fingerprint density at radius 3 is 2.26 bits per heavy atom. The molecule has 0 bridgehead atoms. The molecule has 2 heterocycles. The number of aryl methyl sites for hydroxylation is 2. The van der Waals surface area contributed by atoms with Crippen molar-refractivity contribution in [1.29, 1.82) is 0 Å². The monoisotopic (exact) mass is 517 g/mol. The van der Waals surface area contributed by atoms with Crippen LogP contribution in [0.1, 0.15) is 28.0 Å². The average molecular weight is 518 g/mol. The normalized spacial score (nSPS) is 13.2. The second-order valence-electron chi connectivity index (χ2n) is 10.5. The topological polar surface area (TPSA) is 4.93 Å². The second-order valence-corrected chi connectivity index (χ2v) is 11.6. The molecule has 1 aliphatic rings. The number of benzene rings is 5. The first-order chi connectivity index (χ1) is 19.3. The summed E-state index contributed by atoms with van der Waals surface area (Å²) >= 11 is 1.97. The number of hydrogen-bond acceptors (Lipinski definition) is 1. The number of nitrogens with zero attached hydrogens (tertiary/aromatic N) is 1. The largest absolute Gasteiger partial charge is 0.309 e. The van der Waals surface area contributed by atoms with E-state index >= 15 is 0 Å². The minimum atomic E-state index is 1.08. The van der Waals surface area contributed by atoms with Gasteiger partial charge < -0.3 is 4.57 Å². The maximum Gasteiger partial charge on any atom is 0.0541 e. The molecular weight excluding hydrogens is 490 g/mol. The summed E-state index contributed by atoms with van der Waals surface area (Å²) in [5.41, 5.74) is 11.8. The molecule has 1 aliphatic carbocycles. The molecule has 0 unspecified atom stereocenters. The van der Waals surface area contributed by atoms with Crippen LogP contribution in [0.2, 0.25) is 0 Å². The summed E-state index contributed by atoms with van der Waals surface area (Å²) < 4.78 is 3.79. The number of para-hydroxylation sites is 2. The van der Waals surface area contributed by atoms with Crippen LogP contribution in [0.3, 0.4) is 0 Å². The first kappa shape index (κ1) is 22.6. The summed E-state index contributed by atoms with van der Waals surface area (Å²) in [4.78, 5) is 1.43. The number of hydrogen-bond donors (Lipinski definition) is 0. The molecule has 0 saturated carbocycles. The minimum Gasteiger partial charge on any atom is -0.309 e. The van der Waals surface area contributed by atoms with Crippen molar-refractivity contribution in [2.24, 2.45) is 0 Å². The van der Waals surface area contributed by atoms with Crippen LogP contribution in [-0.4, -0.2) is 4.57 Å². The van der Waals surface area contributed by atoms with Crippen molar-refractivity contribution >= 4 is 48.8 Å². The first-order valence-corrected chi connectivity index (χ1v) is 14.5. The molecule has 0 aliphatic heterocycles. The van der Waals surface area contributed by atoms with Crippen molar-refractivity contribution < 1.29 is 0 Å². The van der Waals surface area contributed by atoms with Crippen LogP contribution >= 0.6 is 11.3 Å². The molecule has 2 heteroatoms. The highest BCUT2D eigenvalue weighted by molar-refractivity contribution is 7.21. The van der Waals surface area contributed by atoms with E-state index in [1.54, 1.807) is 0 Å². The van der Waals surface area contributed by atoms with Crippen LogP contribution in [-0.2, 0) is 6.42 Å². The zero-order valence-corrected chi connectivity index (χ0v) is 22.6. The van der Waals surface area contributed by atoms with Crippen molar-refractivity contribution in [3.05, 3.63) is 143 Å². The SMILES string of the molecule is Cc1ccc(-c2cccc3c4c(sc23)C(c2ccc3c(c2)c2ccccc2n3-c2ccccc2)=CCC4)cc1. The number of aromatic nitrogens is 1. The van der Waals surface area contributed by atoms with E-state index in [0.717, 1.165) is 12.8 Å².